The summed E-state index contributed by atoms with van der Waals surface area (Å²) in [5, 5.41) is 3.48. The molecule has 0 spiro atoms. The fourth-order valence-corrected chi connectivity index (χ4v) is 2.60. The van der Waals surface area contributed by atoms with E-state index in [0.717, 1.165) is 11.5 Å². The van der Waals surface area contributed by atoms with Crippen LogP contribution in [0.4, 0.5) is 9.39 Å². The van der Waals surface area contributed by atoms with Crippen LogP contribution in [0.25, 0.3) is 0 Å². The number of carbonyl (C=O) groups is 2. The van der Waals surface area contributed by atoms with E-state index in [0.29, 0.717) is 22.0 Å². The summed E-state index contributed by atoms with van der Waals surface area (Å²) in [7, 11) is 1.68. The number of rotatable bonds is 5. The van der Waals surface area contributed by atoms with Crippen LogP contribution in [0.2, 0.25) is 0 Å². The van der Waals surface area contributed by atoms with E-state index in [1.54, 1.807) is 14.0 Å². The normalized spacial score (nSPS) is 11.5. The SMILES string of the molecule is CNc1snc(C)c1C(=O)NNC(=O)C(C)Oc1ccc(F)cc1. The predicted octanol–water partition coefficient (Wildman–Crippen LogP) is 1.86. The summed E-state index contributed by atoms with van der Waals surface area (Å²) < 4.78 is 22.3. The molecule has 0 aliphatic carbocycles. The first-order valence-electron chi connectivity index (χ1n) is 7.08. The second-order valence-corrected chi connectivity index (χ2v) is 5.65. The molecule has 1 unspecified atom stereocenters. The van der Waals surface area contributed by atoms with Gasteiger partial charge in [-0.15, -0.1) is 0 Å². The summed E-state index contributed by atoms with van der Waals surface area (Å²) in [6.07, 6.45) is -0.874. The Bertz CT molecular complexity index is 733. The molecule has 0 fully saturated rings. The molecule has 128 valence electrons. The van der Waals surface area contributed by atoms with Crippen LogP contribution in [0.3, 0.4) is 0 Å². The monoisotopic (exact) mass is 352 g/mol. The zero-order chi connectivity index (χ0) is 17.7. The second kappa shape index (κ2) is 7.73. The van der Waals surface area contributed by atoms with Crippen LogP contribution in [-0.4, -0.2) is 29.3 Å². The van der Waals surface area contributed by atoms with E-state index < -0.39 is 23.7 Å². The van der Waals surface area contributed by atoms with Crippen molar-refractivity contribution in [3.8, 4) is 5.75 Å². The molecule has 0 bridgehead atoms. The number of nitrogens with one attached hydrogen (secondary N) is 3. The van der Waals surface area contributed by atoms with E-state index in [4.69, 9.17) is 4.74 Å². The molecule has 1 aromatic carbocycles. The fraction of sp³-hybridized carbons (Fsp3) is 0.267. The molecule has 0 saturated carbocycles. The molecule has 1 aromatic heterocycles. The molecule has 1 atom stereocenters. The highest BCUT2D eigenvalue weighted by Gasteiger charge is 2.20. The van der Waals surface area contributed by atoms with Crippen molar-refractivity contribution < 1.29 is 18.7 Å². The molecule has 0 radical (unpaired) electrons. The van der Waals surface area contributed by atoms with Gasteiger partial charge < -0.3 is 10.1 Å². The quantitative estimate of drug-likeness (QED) is 0.715. The zero-order valence-corrected chi connectivity index (χ0v) is 14.2. The van der Waals surface area contributed by atoms with Gasteiger partial charge in [-0.05, 0) is 49.6 Å². The molecular weight excluding hydrogens is 335 g/mol. The van der Waals surface area contributed by atoms with E-state index in [2.05, 4.69) is 20.5 Å². The van der Waals surface area contributed by atoms with Crippen molar-refractivity contribution in [3.05, 3.63) is 41.3 Å². The van der Waals surface area contributed by atoms with Gasteiger partial charge in [0, 0.05) is 7.05 Å². The van der Waals surface area contributed by atoms with Crippen LogP contribution in [0.15, 0.2) is 24.3 Å². The number of benzene rings is 1. The molecule has 0 aliphatic heterocycles. The highest BCUT2D eigenvalue weighted by atomic mass is 32.1. The largest absolute Gasteiger partial charge is 0.481 e. The average molecular weight is 352 g/mol. The Hall–Kier alpha value is -2.68. The van der Waals surface area contributed by atoms with Crippen LogP contribution < -0.4 is 20.9 Å². The molecule has 2 amide bonds. The Kier molecular flexibility index (Phi) is 5.69. The van der Waals surface area contributed by atoms with E-state index >= 15 is 0 Å². The number of amides is 2. The molecule has 2 aromatic rings. The van der Waals surface area contributed by atoms with Gasteiger partial charge in [0.1, 0.15) is 16.6 Å². The van der Waals surface area contributed by atoms with E-state index in [9.17, 15) is 14.0 Å². The number of carbonyl (C=O) groups excluding carboxylic acids is 2. The van der Waals surface area contributed by atoms with Gasteiger partial charge in [0.25, 0.3) is 11.8 Å². The number of anilines is 1. The summed E-state index contributed by atoms with van der Waals surface area (Å²) in [5.74, 6) is -1.07. The van der Waals surface area contributed by atoms with Crippen LogP contribution in [0.1, 0.15) is 23.0 Å². The standard InChI is InChI=1S/C15H17FN4O3S/c1-8-12(15(17-3)24-20-8)14(22)19-18-13(21)9(2)23-11-6-4-10(16)5-7-11/h4-7,9,17H,1-3H3,(H,18,21)(H,19,22). The topological polar surface area (TPSA) is 92.4 Å². The molecule has 0 saturated heterocycles. The minimum Gasteiger partial charge on any atom is -0.481 e. The lowest BCUT2D eigenvalue weighted by Gasteiger charge is -2.15. The van der Waals surface area contributed by atoms with Crippen molar-refractivity contribution in [1.82, 2.24) is 15.2 Å². The Morgan fingerprint density at radius 3 is 2.54 bits per heavy atom. The summed E-state index contributed by atoms with van der Waals surface area (Å²) in [5.41, 5.74) is 5.55. The number of hydrogen-bond acceptors (Lipinski definition) is 6. The Morgan fingerprint density at radius 2 is 1.92 bits per heavy atom. The minimum absolute atomic E-state index is 0.348. The van der Waals surface area contributed by atoms with Gasteiger partial charge in [0.2, 0.25) is 0 Å². The lowest BCUT2D eigenvalue weighted by molar-refractivity contribution is -0.128. The van der Waals surface area contributed by atoms with Gasteiger partial charge in [0.05, 0.1) is 11.3 Å². The van der Waals surface area contributed by atoms with Crippen molar-refractivity contribution in [1.29, 1.82) is 0 Å². The van der Waals surface area contributed by atoms with Crippen LogP contribution in [0.5, 0.6) is 5.75 Å². The van der Waals surface area contributed by atoms with Crippen molar-refractivity contribution in [2.75, 3.05) is 12.4 Å². The number of aromatic nitrogens is 1. The van der Waals surface area contributed by atoms with Crippen LogP contribution in [0, 0.1) is 12.7 Å². The lowest BCUT2D eigenvalue weighted by Crippen LogP contribution is -2.47. The number of halogens is 1. The third-order valence-electron chi connectivity index (χ3n) is 3.11. The lowest BCUT2D eigenvalue weighted by atomic mass is 10.2. The number of ether oxygens (including phenoxy) is 1. The second-order valence-electron chi connectivity index (χ2n) is 4.88. The molecule has 0 aliphatic rings. The van der Waals surface area contributed by atoms with Crippen LogP contribution in [-0.2, 0) is 4.79 Å². The molecule has 3 N–H and O–H groups in total. The van der Waals surface area contributed by atoms with E-state index in [1.165, 1.54) is 31.2 Å². The van der Waals surface area contributed by atoms with Crippen molar-refractivity contribution in [3.63, 3.8) is 0 Å². The van der Waals surface area contributed by atoms with Gasteiger partial charge in [-0.2, -0.15) is 4.37 Å². The maximum atomic E-state index is 12.8. The molecular formula is C15H17FN4O3S. The Labute approximate surface area is 142 Å². The number of hydrogen-bond donors (Lipinski definition) is 3. The smallest absolute Gasteiger partial charge is 0.279 e. The molecule has 24 heavy (non-hydrogen) atoms. The first kappa shape index (κ1) is 17.7. The zero-order valence-electron chi connectivity index (χ0n) is 13.3. The van der Waals surface area contributed by atoms with Gasteiger partial charge in [-0.3, -0.25) is 20.4 Å². The molecule has 1 heterocycles. The van der Waals surface area contributed by atoms with E-state index in [-0.39, 0.29) is 0 Å². The van der Waals surface area contributed by atoms with E-state index in [1.807, 2.05) is 0 Å². The fourth-order valence-electron chi connectivity index (χ4n) is 1.86. The summed E-state index contributed by atoms with van der Waals surface area (Å²) in [4.78, 5) is 24.1. The van der Waals surface area contributed by atoms with Crippen molar-refractivity contribution >= 4 is 28.3 Å². The molecule has 2 rings (SSSR count). The first-order valence-corrected chi connectivity index (χ1v) is 7.86. The van der Waals surface area contributed by atoms with Crippen molar-refractivity contribution in [2.45, 2.75) is 20.0 Å². The minimum atomic E-state index is -0.874. The number of nitrogens with zero attached hydrogens (tertiary/aromatic N) is 1. The first-order chi connectivity index (χ1) is 11.4. The highest BCUT2D eigenvalue weighted by molar-refractivity contribution is 7.10. The van der Waals surface area contributed by atoms with Gasteiger partial charge in [-0.25, -0.2) is 4.39 Å². The maximum Gasteiger partial charge on any atom is 0.279 e. The molecule has 7 nitrogen and oxygen atoms in total. The van der Waals surface area contributed by atoms with Gasteiger partial charge >= 0.3 is 0 Å². The third-order valence-corrected chi connectivity index (χ3v) is 4.07. The molecule has 9 heteroatoms. The maximum absolute atomic E-state index is 12.8. The summed E-state index contributed by atoms with van der Waals surface area (Å²) >= 11 is 1.16. The Morgan fingerprint density at radius 1 is 1.25 bits per heavy atom. The average Bonchev–Trinajstić information content (AvgIpc) is 2.95. The van der Waals surface area contributed by atoms with Crippen molar-refractivity contribution in [2.24, 2.45) is 0 Å². The summed E-state index contributed by atoms with van der Waals surface area (Å²) in [6.45, 7) is 3.22. The van der Waals surface area contributed by atoms with Gasteiger partial charge in [0.15, 0.2) is 6.10 Å². The third kappa shape index (κ3) is 4.19. The predicted molar refractivity (Wildman–Crippen MR) is 88.5 cm³/mol. The Balaban J connectivity index is 1.91. The highest BCUT2D eigenvalue weighted by Crippen LogP contribution is 2.23. The van der Waals surface area contributed by atoms with Crippen LogP contribution >= 0.6 is 11.5 Å². The number of aryl methyl sites for hydroxylation is 1. The number of hydrazine groups is 1. The summed E-state index contributed by atoms with van der Waals surface area (Å²) in [6, 6.07) is 5.29. The van der Waals surface area contributed by atoms with Gasteiger partial charge in [-0.1, -0.05) is 0 Å².